The molecule has 2 aromatic heterocycles. The molecule has 0 aliphatic rings. The lowest BCUT2D eigenvalue weighted by Crippen LogP contribution is -2.23. The lowest BCUT2D eigenvalue weighted by molar-refractivity contribution is 0.537. The quantitative estimate of drug-likeness (QED) is 0.891. The lowest BCUT2D eigenvalue weighted by atomic mass is 10.1. The van der Waals surface area contributed by atoms with Crippen LogP contribution in [0.25, 0.3) is 0 Å². The highest BCUT2D eigenvalue weighted by Crippen LogP contribution is 2.19. The minimum absolute atomic E-state index is 0.233. The molecule has 0 aliphatic carbocycles. The molecule has 90 valence electrons. The Hall–Kier alpha value is -1.20. The first kappa shape index (κ1) is 12.3. The minimum atomic E-state index is 0.233. The van der Waals surface area contributed by atoms with E-state index in [1.165, 1.54) is 0 Å². The van der Waals surface area contributed by atoms with E-state index in [2.05, 4.69) is 49.2 Å². The van der Waals surface area contributed by atoms with Gasteiger partial charge in [-0.25, -0.2) is 4.98 Å². The Morgan fingerprint density at radius 2 is 2.35 bits per heavy atom. The molecule has 0 aliphatic heterocycles. The van der Waals surface area contributed by atoms with Crippen LogP contribution in [0.15, 0.2) is 35.3 Å². The number of aromatic nitrogens is 3. The number of hydrogen-bond donors (Lipinski definition) is 2. The minimum Gasteiger partial charge on any atom is -0.349 e. The molecular weight excluding hydrogens is 280 g/mol. The molecule has 2 aromatic rings. The Morgan fingerprint density at radius 3 is 3.00 bits per heavy atom. The number of H-pyrrole nitrogens is 1. The van der Waals surface area contributed by atoms with Gasteiger partial charge in [-0.2, -0.15) is 0 Å². The van der Waals surface area contributed by atoms with Crippen LogP contribution in [0.2, 0.25) is 0 Å². The summed E-state index contributed by atoms with van der Waals surface area (Å²) in [7, 11) is 0. The molecule has 17 heavy (non-hydrogen) atoms. The van der Waals surface area contributed by atoms with Crippen LogP contribution in [0.4, 0.5) is 0 Å². The molecular formula is C12H15BrN4. The van der Waals surface area contributed by atoms with E-state index in [-0.39, 0.29) is 6.04 Å². The maximum absolute atomic E-state index is 4.26. The van der Waals surface area contributed by atoms with Gasteiger partial charge in [0.2, 0.25) is 0 Å². The fourth-order valence-corrected chi connectivity index (χ4v) is 2.16. The summed E-state index contributed by atoms with van der Waals surface area (Å²) in [6.07, 6.45) is 8.13. The SMILES string of the molecule is CCNC(Cc1ncc[nH]1)c1cncc(Br)c1. The Kier molecular flexibility index (Phi) is 4.28. The number of nitrogens with one attached hydrogen (secondary N) is 2. The Labute approximate surface area is 109 Å². The largest absolute Gasteiger partial charge is 0.349 e. The van der Waals surface area contributed by atoms with Gasteiger partial charge < -0.3 is 10.3 Å². The van der Waals surface area contributed by atoms with E-state index in [9.17, 15) is 0 Å². The van der Waals surface area contributed by atoms with E-state index in [1.54, 1.807) is 12.4 Å². The maximum atomic E-state index is 4.26. The maximum Gasteiger partial charge on any atom is 0.107 e. The fourth-order valence-electron chi connectivity index (χ4n) is 1.78. The predicted molar refractivity (Wildman–Crippen MR) is 70.6 cm³/mol. The lowest BCUT2D eigenvalue weighted by Gasteiger charge is -2.17. The summed E-state index contributed by atoms with van der Waals surface area (Å²) in [6, 6.07) is 2.32. The van der Waals surface area contributed by atoms with Crippen LogP contribution in [0.3, 0.4) is 0 Å². The molecule has 0 saturated heterocycles. The van der Waals surface area contributed by atoms with Crippen molar-refractivity contribution in [2.45, 2.75) is 19.4 Å². The fraction of sp³-hybridized carbons (Fsp3) is 0.333. The Bertz CT molecular complexity index is 455. The van der Waals surface area contributed by atoms with Gasteiger partial charge in [0.15, 0.2) is 0 Å². The van der Waals surface area contributed by atoms with Crippen molar-refractivity contribution in [1.82, 2.24) is 20.3 Å². The molecule has 0 bridgehead atoms. The highest BCUT2D eigenvalue weighted by Gasteiger charge is 2.13. The number of likely N-dealkylation sites (N-methyl/N-ethyl adjacent to an activating group) is 1. The van der Waals surface area contributed by atoms with Crippen molar-refractivity contribution in [1.29, 1.82) is 0 Å². The zero-order valence-electron chi connectivity index (χ0n) is 9.65. The molecule has 1 unspecified atom stereocenters. The third kappa shape index (κ3) is 3.38. The summed E-state index contributed by atoms with van der Waals surface area (Å²) in [4.78, 5) is 11.6. The van der Waals surface area contributed by atoms with Crippen LogP contribution in [-0.4, -0.2) is 21.5 Å². The normalized spacial score (nSPS) is 12.6. The molecule has 4 nitrogen and oxygen atoms in total. The molecule has 0 amide bonds. The van der Waals surface area contributed by atoms with Crippen molar-refractivity contribution >= 4 is 15.9 Å². The zero-order valence-corrected chi connectivity index (χ0v) is 11.2. The van der Waals surface area contributed by atoms with Gasteiger partial charge >= 0.3 is 0 Å². The van der Waals surface area contributed by atoms with Crippen molar-refractivity contribution in [3.8, 4) is 0 Å². The van der Waals surface area contributed by atoms with Crippen LogP contribution in [-0.2, 0) is 6.42 Å². The number of hydrogen-bond acceptors (Lipinski definition) is 3. The summed E-state index contributed by atoms with van der Waals surface area (Å²) in [5.41, 5.74) is 1.16. The summed E-state index contributed by atoms with van der Waals surface area (Å²) >= 11 is 3.45. The topological polar surface area (TPSA) is 53.6 Å². The Balaban J connectivity index is 2.16. The molecule has 0 aromatic carbocycles. The number of rotatable bonds is 5. The van der Waals surface area contributed by atoms with Crippen molar-refractivity contribution in [2.24, 2.45) is 0 Å². The van der Waals surface area contributed by atoms with Gasteiger partial charge in [-0.1, -0.05) is 6.92 Å². The van der Waals surface area contributed by atoms with Crippen LogP contribution in [0.5, 0.6) is 0 Å². The van der Waals surface area contributed by atoms with Gasteiger partial charge in [0.1, 0.15) is 5.82 Å². The molecule has 0 fully saturated rings. The van der Waals surface area contributed by atoms with Crippen LogP contribution >= 0.6 is 15.9 Å². The van der Waals surface area contributed by atoms with Gasteiger partial charge in [0, 0.05) is 41.7 Å². The van der Waals surface area contributed by atoms with E-state index in [4.69, 9.17) is 0 Å². The molecule has 2 heterocycles. The first-order valence-corrected chi connectivity index (χ1v) is 6.41. The summed E-state index contributed by atoms with van der Waals surface area (Å²) in [5.74, 6) is 0.982. The third-order valence-electron chi connectivity index (χ3n) is 2.53. The number of nitrogens with zero attached hydrogens (tertiary/aromatic N) is 2. The van der Waals surface area contributed by atoms with Gasteiger partial charge in [-0.05, 0) is 34.1 Å². The van der Waals surface area contributed by atoms with E-state index >= 15 is 0 Å². The van der Waals surface area contributed by atoms with Crippen molar-refractivity contribution in [3.05, 3.63) is 46.7 Å². The molecule has 0 spiro atoms. The van der Waals surface area contributed by atoms with Crippen LogP contribution in [0.1, 0.15) is 24.4 Å². The highest BCUT2D eigenvalue weighted by atomic mass is 79.9. The van der Waals surface area contributed by atoms with Gasteiger partial charge in [0.25, 0.3) is 0 Å². The third-order valence-corrected chi connectivity index (χ3v) is 2.96. The van der Waals surface area contributed by atoms with Gasteiger partial charge in [0.05, 0.1) is 0 Å². The second-order valence-electron chi connectivity index (χ2n) is 3.79. The zero-order chi connectivity index (χ0) is 12.1. The average molecular weight is 295 g/mol. The van der Waals surface area contributed by atoms with Crippen molar-refractivity contribution in [3.63, 3.8) is 0 Å². The smallest absolute Gasteiger partial charge is 0.107 e. The van der Waals surface area contributed by atoms with Gasteiger partial charge in [-0.3, -0.25) is 4.98 Å². The number of pyridine rings is 1. The molecule has 5 heteroatoms. The van der Waals surface area contributed by atoms with E-state index in [0.717, 1.165) is 28.8 Å². The molecule has 1 atom stereocenters. The number of halogens is 1. The van der Waals surface area contributed by atoms with Crippen molar-refractivity contribution in [2.75, 3.05) is 6.54 Å². The highest BCUT2D eigenvalue weighted by molar-refractivity contribution is 9.10. The molecule has 2 rings (SSSR count). The van der Waals surface area contributed by atoms with Crippen LogP contribution < -0.4 is 5.32 Å². The van der Waals surface area contributed by atoms with Crippen molar-refractivity contribution < 1.29 is 0 Å². The second-order valence-corrected chi connectivity index (χ2v) is 4.70. The molecule has 2 N–H and O–H groups in total. The Morgan fingerprint density at radius 1 is 1.47 bits per heavy atom. The predicted octanol–water partition coefficient (Wildman–Crippen LogP) is 2.46. The number of aromatic amines is 1. The summed E-state index contributed by atoms with van der Waals surface area (Å²) in [6.45, 7) is 3.01. The van der Waals surface area contributed by atoms with E-state index in [0.29, 0.717) is 0 Å². The van der Waals surface area contributed by atoms with E-state index in [1.807, 2.05) is 12.4 Å². The first-order chi connectivity index (χ1) is 8.29. The monoisotopic (exact) mass is 294 g/mol. The molecule has 0 saturated carbocycles. The average Bonchev–Trinajstić information content (AvgIpc) is 2.81. The summed E-state index contributed by atoms with van der Waals surface area (Å²) in [5, 5.41) is 3.44. The standard InChI is InChI=1S/C12H15BrN4/c1-2-15-11(6-12-16-3-4-17-12)9-5-10(13)8-14-7-9/h3-5,7-8,11,15H,2,6H2,1H3,(H,16,17). The number of imidazole rings is 1. The summed E-state index contributed by atoms with van der Waals surface area (Å²) < 4.78 is 0.998. The molecule has 0 radical (unpaired) electrons. The van der Waals surface area contributed by atoms with E-state index < -0.39 is 0 Å². The van der Waals surface area contributed by atoms with Crippen LogP contribution in [0, 0.1) is 0 Å². The van der Waals surface area contributed by atoms with Gasteiger partial charge in [-0.15, -0.1) is 0 Å². The first-order valence-electron chi connectivity index (χ1n) is 5.61. The second kappa shape index (κ2) is 5.93.